The van der Waals surface area contributed by atoms with E-state index in [-0.39, 0.29) is 36.3 Å². The van der Waals surface area contributed by atoms with Crippen molar-refractivity contribution in [2.45, 2.75) is 85.6 Å². The van der Waals surface area contributed by atoms with E-state index in [0.29, 0.717) is 25.7 Å². The average molecular weight is 826 g/mol. The van der Waals surface area contributed by atoms with Gasteiger partial charge in [-0.1, -0.05) is 0 Å². The van der Waals surface area contributed by atoms with Crippen LogP contribution in [0.4, 0.5) is 14.4 Å². The number of aliphatic hydroxyl groups is 1. The zero-order valence-corrected chi connectivity index (χ0v) is 29.8. The van der Waals surface area contributed by atoms with Gasteiger partial charge in [-0.2, -0.15) is 0 Å². The summed E-state index contributed by atoms with van der Waals surface area (Å²) >= 11 is 18.5. The third kappa shape index (κ3) is 43.6. The Bertz CT molecular complexity index is 528. The number of halogens is 5. The van der Waals surface area contributed by atoms with Crippen LogP contribution in [0.3, 0.4) is 0 Å². The normalized spacial score (nSPS) is 12.3. The fourth-order valence-electron chi connectivity index (χ4n) is 2.15. The number of hydrogen-bond acceptors (Lipinski definition) is 9. The lowest BCUT2D eigenvalue weighted by Crippen LogP contribution is -2.38. The average Bonchev–Trinajstić information content (AvgIpc) is 2.80. The number of alkyl halides is 2. The fourth-order valence-corrected chi connectivity index (χ4v) is 2.26. The van der Waals surface area contributed by atoms with Crippen molar-refractivity contribution in [1.29, 1.82) is 0 Å². The van der Waals surface area contributed by atoms with Crippen molar-refractivity contribution in [2.75, 3.05) is 39.3 Å². The van der Waals surface area contributed by atoms with Crippen LogP contribution in [0.1, 0.15) is 61.3 Å². The van der Waals surface area contributed by atoms with Gasteiger partial charge in [0.15, 0.2) is 0 Å². The Kier molecular flexibility index (Phi) is 46.1. The second kappa shape index (κ2) is 36.3. The zero-order valence-electron chi connectivity index (χ0n) is 23.2. The first-order chi connectivity index (χ1) is 17.3. The molecule has 0 aromatic carbocycles. The number of aliphatic hydroxyl groups excluding tert-OH is 1. The van der Waals surface area contributed by atoms with E-state index in [1.54, 1.807) is 41.7 Å². The molecule has 2 N–H and O–H groups in total. The molecule has 0 saturated carbocycles. The molecule has 0 rings (SSSR count). The number of amides is 1. The van der Waals surface area contributed by atoms with E-state index in [9.17, 15) is 14.4 Å². The summed E-state index contributed by atoms with van der Waals surface area (Å²) in [4.78, 5) is 33.6. The first kappa shape index (κ1) is 47.1. The van der Waals surface area contributed by atoms with Crippen molar-refractivity contribution in [3.05, 3.63) is 0 Å². The molecule has 0 heterocycles. The molecule has 37 heavy (non-hydrogen) atoms. The minimum absolute atomic E-state index is 0.0894. The van der Waals surface area contributed by atoms with E-state index in [2.05, 4.69) is 52.0 Å². The zero-order chi connectivity index (χ0) is 30.4. The summed E-state index contributed by atoms with van der Waals surface area (Å²) in [5.41, 5.74) is -0.738. The summed E-state index contributed by atoms with van der Waals surface area (Å²) in [6.07, 6.45) is -0.220. The standard InChI is InChI=1S/C12H23NO5.C6H15NO.C3H5ClO2.CH2Cl2.I2/c1-6-16-11(14)13(5)9(3)8-10(4)18-12(15)17-7-2;1-5(7-3)4-6(2)8;1-2-6-3(4)5;2-1-3;1-2/h9-10H,6-8H2,1-5H3;5-8H,4H2,1-3H3;2H2,1H3;1H2;. The van der Waals surface area contributed by atoms with Crippen molar-refractivity contribution in [3.63, 3.8) is 0 Å². The molecule has 10 nitrogen and oxygen atoms in total. The van der Waals surface area contributed by atoms with Crippen LogP contribution < -0.4 is 5.32 Å². The van der Waals surface area contributed by atoms with Gasteiger partial charge < -0.3 is 34.3 Å². The number of nitrogens with one attached hydrogen (secondary N) is 1. The highest BCUT2D eigenvalue weighted by atomic mass is 128. The van der Waals surface area contributed by atoms with Crippen LogP contribution in [-0.4, -0.2) is 91.2 Å². The van der Waals surface area contributed by atoms with E-state index in [0.717, 1.165) is 6.42 Å². The highest BCUT2D eigenvalue weighted by molar-refractivity contribution is 15.0. The predicted molar refractivity (Wildman–Crippen MR) is 169 cm³/mol. The molecule has 0 radical (unpaired) electrons. The van der Waals surface area contributed by atoms with E-state index in [4.69, 9.17) is 49.4 Å². The Labute approximate surface area is 261 Å². The van der Waals surface area contributed by atoms with Crippen LogP contribution in [0.5, 0.6) is 0 Å². The molecule has 0 bridgehead atoms. The van der Waals surface area contributed by atoms with Crippen molar-refractivity contribution >= 4 is 89.7 Å². The second-order valence-corrected chi connectivity index (χ2v) is 8.17. The fraction of sp³-hybridized carbons (Fsp3) is 0.864. The maximum absolute atomic E-state index is 11.5. The highest BCUT2D eigenvalue weighted by Crippen LogP contribution is 2.10. The van der Waals surface area contributed by atoms with Gasteiger partial charge in [0.2, 0.25) is 0 Å². The molecular weight excluding hydrogens is 780 g/mol. The molecule has 15 heteroatoms. The highest BCUT2D eigenvalue weighted by Gasteiger charge is 2.21. The third-order valence-electron chi connectivity index (χ3n) is 3.89. The van der Waals surface area contributed by atoms with E-state index in [1.807, 2.05) is 20.9 Å². The topological polar surface area (TPSA) is 124 Å². The van der Waals surface area contributed by atoms with E-state index in [1.165, 1.54) is 4.90 Å². The SMILES string of the molecule is CCOC(=O)Cl.CCOC(=O)OC(C)CC(C)N(C)C(=O)OCC.CNC(C)CC(C)O.ClCCl.II. The molecule has 0 fully saturated rings. The maximum atomic E-state index is 11.5. The lowest BCUT2D eigenvalue weighted by atomic mass is 10.1. The van der Waals surface area contributed by atoms with Gasteiger partial charge in [-0.15, -0.1) is 23.2 Å². The molecule has 226 valence electrons. The number of carbonyl (C=O) groups is 3. The summed E-state index contributed by atoms with van der Waals surface area (Å²) in [5.74, 6) is 0. The number of rotatable bonds is 10. The van der Waals surface area contributed by atoms with Crippen LogP contribution in [0.2, 0.25) is 0 Å². The quantitative estimate of drug-likeness (QED) is 0.0766. The molecular formula is C22H45Cl3I2N2O8. The number of carbonyl (C=O) groups excluding carboxylic acids is 3. The summed E-state index contributed by atoms with van der Waals surface area (Å²) in [7, 11) is 3.55. The summed E-state index contributed by atoms with van der Waals surface area (Å²) in [6.45, 7) is 13.6. The van der Waals surface area contributed by atoms with Gasteiger partial charge in [0, 0.05) is 74.4 Å². The monoisotopic (exact) mass is 824 g/mol. The number of ether oxygens (including phenoxy) is 4. The number of nitrogens with zero attached hydrogens (tertiary/aromatic N) is 1. The lowest BCUT2D eigenvalue weighted by molar-refractivity contribution is 0.0214. The molecule has 1 amide bonds. The Morgan fingerprint density at radius 3 is 1.62 bits per heavy atom. The molecule has 0 aromatic heterocycles. The molecule has 4 atom stereocenters. The summed E-state index contributed by atoms with van der Waals surface area (Å²) in [6, 6.07) is 0.337. The van der Waals surface area contributed by atoms with Crippen LogP contribution >= 0.6 is 72.0 Å². The predicted octanol–water partition coefficient (Wildman–Crippen LogP) is 7.35. The van der Waals surface area contributed by atoms with Crippen molar-refractivity contribution in [1.82, 2.24) is 10.2 Å². The molecule has 0 aromatic rings. The second-order valence-electron chi connectivity index (χ2n) is 7.05. The van der Waals surface area contributed by atoms with Crippen LogP contribution in [0.25, 0.3) is 0 Å². The minimum atomic E-state index is -0.738. The summed E-state index contributed by atoms with van der Waals surface area (Å²) in [5, 5.41) is 12.0. The van der Waals surface area contributed by atoms with Crippen molar-refractivity contribution in [2.24, 2.45) is 0 Å². The van der Waals surface area contributed by atoms with Crippen LogP contribution in [0.15, 0.2) is 0 Å². The van der Waals surface area contributed by atoms with Gasteiger partial charge in [0.1, 0.15) is 6.10 Å². The minimum Gasteiger partial charge on any atom is -0.454 e. The smallest absolute Gasteiger partial charge is 0.454 e. The lowest BCUT2D eigenvalue weighted by Gasteiger charge is -2.26. The Hall–Kier alpha value is 0.260. The van der Waals surface area contributed by atoms with Crippen molar-refractivity contribution < 1.29 is 38.4 Å². The maximum Gasteiger partial charge on any atom is 0.508 e. The largest absolute Gasteiger partial charge is 0.508 e. The van der Waals surface area contributed by atoms with Crippen molar-refractivity contribution in [3.8, 4) is 0 Å². The van der Waals surface area contributed by atoms with Crippen LogP contribution in [0, 0.1) is 0 Å². The molecule has 4 unspecified atom stereocenters. The molecule has 0 aliphatic rings. The van der Waals surface area contributed by atoms with Gasteiger partial charge >= 0.3 is 17.7 Å². The van der Waals surface area contributed by atoms with Gasteiger partial charge in [-0.05, 0) is 61.9 Å². The van der Waals surface area contributed by atoms with E-state index < -0.39 is 11.6 Å². The van der Waals surface area contributed by atoms with Gasteiger partial charge in [0.25, 0.3) is 0 Å². The Morgan fingerprint density at radius 2 is 1.35 bits per heavy atom. The van der Waals surface area contributed by atoms with Gasteiger partial charge in [-0.25, -0.2) is 14.4 Å². The Morgan fingerprint density at radius 1 is 0.919 bits per heavy atom. The van der Waals surface area contributed by atoms with Gasteiger partial charge in [-0.3, -0.25) is 0 Å². The Balaban J connectivity index is -0.000000148. The van der Waals surface area contributed by atoms with Gasteiger partial charge in [0.05, 0.1) is 31.3 Å². The van der Waals surface area contributed by atoms with E-state index >= 15 is 0 Å². The molecule has 0 aliphatic carbocycles. The molecule has 0 saturated heterocycles. The first-order valence-corrected chi connectivity index (χ1v) is 19.2. The molecule has 0 aliphatic heterocycles. The molecule has 0 spiro atoms. The first-order valence-electron chi connectivity index (χ1n) is 11.4. The number of hydrogen-bond donors (Lipinski definition) is 2. The van der Waals surface area contributed by atoms with Crippen LogP contribution in [-0.2, 0) is 18.9 Å². The summed E-state index contributed by atoms with van der Waals surface area (Å²) < 4.78 is 18.7. The third-order valence-corrected chi connectivity index (χ3v) is 4.00.